The highest BCUT2D eigenvalue weighted by atomic mass is 35.5. The van der Waals surface area contributed by atoms with Gasteiger partial charge in [-0.25, -0.2) is 4.98 Å². The Bertz CT molecular complexity index is 653. The van der Waals surface area contributed by atoms with Crippen LogP contribution in [-0.2, 0) is 12.6 Å². The van der Waals surface area contributed by atoms with Gasteiger partial charge in [0, 0.05) is 5.02 Å². The maximum atomic E-state index is 12.5. The summed E-state index contributed by atoms with van der Waals surface area (Å²) in [5, 5.41) is 3.92. The molecular weight excluding hydrogens is 301 g/mol. The molecule has 1 heterocycles. The molecule has 1 N–H and O–H groups in total. The number of pyridine rings is 1. The number of alkyl halides is 3. The van der Waals surface area contributed by atoms with E-state index in [9.17, 15) is 13.2 Å². The lowest BCUT2D eigenvalue weighted by molar-refractivity contribution is -0.141. The predicted molar refractivity (Wildman–Crippen MR) is 75.4 cm³/mol. The molecule has 2 aromatic rings. The van der Waals surface area contributed by atoms with E-state index in [0.717, 1.165) is 24.5 Å². The van der Waals surface area contributed by atoms with Gasteiger partial charge in [-0.15, -0.1) is 0 Å². The SMILES string of the molecule is FC(F)(F)c1ccc(NC2CCc3cc(Cl)ccc32)cn1. The molecule has 1 aromatic heterocycles. The molecule has 0 aliphatic heterocycles. The fraction of sp³-hybridized carbons (Fsp3) is 0.267. The van der Waals surface area contributed by atoms with Gasteiger partial charge in [-0.05, 0) is 48.2 Å². The number of hydrogen-bond acceptors (Lipinski definition) is 2. The molecule has 1 aliphatic carbocycles. The first-order chi connectivity index (χ1) is 9.93. The fourth-order valence-corrected chi connectivity index (χ4v) is 2.78. The molecule has 1 unspecified atom stereocenters. The number of nitrogens with one attached hydrogen (secondary N) is 1. The van der Waals surface area contributed by atoms with Crippen LogP contribution in [0.5, 0.6) is 0 Å². The largest absolute Gasteiger partial charge is 0.433 e. The van der Waals surface area contributed by atoms with Crippen LogP contribution in [0.15, 0.2) is 36.5 Å². The normalized spacial score (nSPS) is 17.6. The van der Waals surface area contributed by atoms with Crippen molar-refractivity contribution in [1.82, 2.24) is 4.98 Å². The van der Waals surface area contributed by atoms with E-state index in [-0.39, 0.29) is 6.04 Å². The minimum absolute atomic E-state index is 0.0794. The number of aromatic nitrogens is 1. The van der Waals surface area contributed by atoms with Crippen molar-refractivity contribution in [2.24, 2.45) is 0 Å². The maximum absolute atomic E-state index is 12.5. The average molecular weight is 313 g/mol. The lowest BCUT2D eigenvalue weighted by atomic mass is 10.1. The van der Waals surface area contributed by atoms with Gasteiger partial charge in [0.1, 0.15) is 5.69 Å². The third kappa shape index (κ3) is 2.97. The molecule has 1 aromatic carbocycles. The van der Waals surface area contributed by atoms with Crippen molar-refractivity contribution in [1.29, 1.82) is 0 Å². The molecular formula is C15H12ClF3N2. The van der Waals surface area contributed by atoms with Gasteiger partial charge in [0.25, 0.3) is 0 Å². The Kier molecular flexibility index (Phi) is 3.53. The smallest absolute Gasteiger partial charge is 0.377 e. The first kappa shape index (κ1) is 14.2. The Labute approximate surface area is 125 Å². The van der Waals surface area contributed by atoms with E-state index in [0.29, 0.717) is 10.7 Å². The van der Waals surface area contributed by atoms with E-state index in [1.54, 1.807) is 0 Å². The quantitative estimate of drug-likeness (QED) is 0.857. The first-order valence-electron chi connectivity index (χ1n) is 6.51. The highest BCUT2D eigenvalue weighted by Crippen LogP contribution is 2.35. The molecule has 21 heavy (non-hydrogen) atoms. The standard InChI is InChI=1S/C15H12ClF3N2/c16-10-2-4-12-9(7-10)1-5-13(12)21-11-3-6-14(20-8-11)15(17,18)19/h2-4,6-8,13,21H,1,5H2. The summed E-state index contributed by atoms with van der Waals surface area (Å²) in [4.78, 5) is 3.45. The first-order valence-corrected chi connectivity index (χ1v) is 6.89. The zero-order valence-corrected chi connectivity index (χ0v) is 11.7. The molecule has 0 amide bonds. The van der Waals surface area contributed by atoms with Crippen molar-refractivity contribution in [3.8, 4) is 0 Å². The Balaban J connectivity index is 1.77. The second kappa shape index (κ2) is 5.22. The summed E-state index contributed by atoms with van der Waals surface area (Å²) >= 11 is 5.95. The number of rotatable bonds is 2. The average Bonchev–Trinajstić information content (AvgIpc) is 2.80. The van der Waals surface area contributed by atoms with Gasteiger partial charge in [-0.3, -0.25) is 0 Å². The predicted octanol–water partition coefficient (Wildman–Crippen LogP) is 4.85. The molecule has 0 saturated heterocycles. The van der Waals surface area contributed by atoms with Crippen LogP contribution in [0.25, 0.3) is 0 Å². The highest BCUT2D eigenvalue weighted by molar-refractivity contribution is 6.30. The molecule has 0 fully saturated rings. The van der Waals surface area contributed by atoms with E-state index in [1.807, 2.05) is 18.2 Å². The third-order valence-corrected chi connectivity index (χ3v) is 3.81. The summed E-state index contributed by atoms with van der Waals surface area (Å²) in [5.41, 5.74) is 2.02. The van der Waals surface area contributed by atoms with Crippen LogP contribution < -0.4 is 5.32 Å². The van der Waals surface area contributed by atoms with E-state index in [4.69, 9.17) is 11.6 Å². The van der Waals surface area contributed by atoms with Crippen molar-refractivity contribution >= 4 is 17.3 Å². The molecule has 0 spiro atoms. The summed E-state index contributed by atoms with van der Waals surface area (Å²) in [5.74, 6) is 0. The van der Waals surface area contributed by atoms with Gasteiger partial charge >= 0.3 is 6.18 Å². The van der Waals surface area contributed by atoms with E-state index in [1.165, 1.54) is 17.8 Å². The van der Waals surface area contributed by atoms with Gasteiger partial charge < -0.3 is 5.32 Å². The fourth-order valence-electron chi connectivity index (χ4n) is 2.58. The molecule has 110 valence electrons. The van der Waals surface area contributed by atoms with Crippen LogP contribution in [-0.4, -0.2) is 4.98 Å². The number of halogens is 4. The van der Waals surface area contributed by atoms with Crippen molar-refractivity contribution < 1.29 is 13.2 Å². The van der Waals surface area contributed by atoms with E-state index in [2.05, 4.69) is 10.3 Å². The topological polar surface area (TPSA) is 24.9 Å². The lowest BCUT2D eigenvalue weighted by Crippen LogP contribution is -2.10. The van der Waals surface area contributed by atoms with Crippen LogP contribution in [0, 0.1) is 0 Å². The second-order valence-corrected chi connectivity index (χ2v) is 5.45. The summed E-state index contributed by atoms with van der Waals surface area (Å²) in [6, 6.07) is 8.19. The maximum Gasteiger partial charge on any atom is 0.433 e. The Hall–Kier alpha value is -1.75. The number of anilines is 1. The number of hydrogen-bond donors (Lipinski definition) is 1. The van der Waals surface area contributed by atoms with Crippen LogP contribution in [0.2, 0.25) is 5.02 Å². The zero-order chi connectivity index (χ0) is 15.0. The minimum Gasteiger partial charge on any atom is -0.377 e. The summed E-state index contributed by atoms with van der Waals surface area (Å²) in [7, 11) is 0. The summed E-state index contributed by atoms with van der Waals surface area (Å²) in [6.45, 7) is 0. The van der Waals surface area contributed by atoms with Gasteiger partial charge in [-0.1, -0.05) is 17.7 Å². The van der Waals surface area contributed by atoms with Crippen LogP contribution in [0.4, 0.5) is 18.9 Å². The number of aryl methyl sites for hydroxylation is 1. The van der Waals surface area contributed by atoms with E-state index >= 15 is 0 Å². The molecule has 0 saturated carbocycles. The van der Waals surface area contributed by atoms with Crippen molar-refractivity contribution in [3.63, 3.8) is 0 Å². The van der Waals surface area contributed by atoms with Gasteiger partial charge in [-0.2, -0.15) is 13.2 Å². The van der Waals surface area contributed by atoms with E-state index < -0.39 is 11.9 Å². The Morgan fingerprint density at radius 2 is 2.00 bits per heavy atom. The third-order valence-electron chi connectivity index (χ3n) is 3.58. The summed E-state index contributed by atoms with van der Waals surface area (Å²) < 4.78 is 37.4. The van der Waals surface area contributed by atoms with Crippen LogP contribution in [0.1, 0.15) is 29.3 Å². The monoisotopic (exact) mass is 312 g/mol. The van der Waals surface area contributed by atoms with Crippen molar-refractivity contribution in [2.45, 2.75) is 25.1 Å². The highest BCUT2D eigenvalue weighted by Gasteiger charge is 2.32. The van der Waals surface area contributed by atoms with Crippen LogP contribution >= 0.6 is 11.6 Å². The molecule has 6 heteroatoms. The minimum atomic E-state index is -4.41. The Morgan fingerprint density at radius 3 is 2.67 bits per heavy atom. The lowest BCUT2D eigenvalue weighted by Gasteiger charge is -2.16. The van der Waals surface area contributed by atoms with Gasteiger partial charge in [0.05, 0.1) is 17.9 Å². The zero-order valence-electron chi connectivity index (χ0n) is 10.9. The molecule has 1 atom stereocenters. The van der Waals surface area contributed by atoms with Gasteiger partial charge in [0.2, 0.25) is 0 Å². The van der Waals surface area contributed by atoms with Crippen LogP contribution in [0.3, 0.4) is 0 Å². The summed E-state index contributed by atoms with van der Waals surface area (Å²) in [6.07, 6.45) is -1.40. The van der Waals surface area contributed by atoms with Crippen molar-refractivity contribution in [3.05, 3.63) is 58.4 Å². The second-order valence-electron chi connectivity index (χ2n) is 5.01. The molecule has 0 bridgehead atoms. The molecule has 0 radical (unpaired) electrons. The molecule has 1 aliphatic rings. The number of fused-ring (bicyclic) bond motifs is 1. The number of benzene rings is 1. The molecule has 2 nitrogen and oxygen atoms in total. The number of nitrogens with zero attached hydrogens (tertiary/aromatic N) is 1. The van der Waals surface area contributed by atoms with Gasteiger partial charge in [0.15, 0.2) is 0 Å². The van der Waals surface area contributed by atoms with Crippen molar-refractivity contribution in [2.75, 3.05) is 5.32 Å². The Morgan fingerprint density at radius 1 is 1.19 bits per heavy atom. The molecule has 3 rings (SSSR count).